The highest BCUT2D eigenvalue weighted by Crippen LogP contribution is 2.35. The number of thiophene rings is 2. The van der Waals surface area contributed by atoms with E-state index in [9.17, 15) is 14.9 Å². The Bertz CT molecular complexity index is 1590. The van der Waals surface area contributed by atoms with Gasteiger partial charge in [-0.1, -0.05) is 30.0 Å². The Labute approximate surface area is 200 Å². The van der Waals surface area contributed by atoms with E-state index < -0.39 is 0 Å². The maximum Gasteiger partial charge on any atom is 0.263 e. The highest BCUT2D eigenvalue weighted by Gasteiger charge is 2.19. The molecule has 0 saturated heterocycles. The number of nitriles is 1. The summed E-state index contributed by atoms with van der Waals surface area (Å²) in [6.45, 7) is 2.32. The van der Waals surface area contributed by atoms with Crippen molar-refractivity contribution in [2.24, 2.45) is 0 Å². The number of benzene rings is 1. The van der Waals surface area contributed by atoms with Crippen LogP contribution < -0.4 is 10.9 Å². The molecule has 0 saturated carbocycles. The van der Waals surface area contributed by atoms with Gasteiger partial charge in [0.2, 0.25) is 11.7 Å². The van der Waals surface area contributed by atoms with Crippen molar-refractivity contribution in [1.82, 2.24) is 9.55 Å². The van der Waals surface area contributed by atoms with Gasteiger partial charge < -0.3 is 9.73 Å². The molecule has 0 atom stereocenters. The molecule has 5 aromatic rings. The van der Waals surface area contributed by atoms with Crippen LogP contribution in [0.5, 0.6) is 0 Å². The van der Waals surface area contributed by atoms with E-state index in [4.69, 9.17) is 4.42 Å². The van der Waals surface area contributed by atoms with Gasteiger partial charge in [0.25, 0.3) is 5.56 Å². The second kappa shape index (κ2) is 8.86. The van der Waals surface area contributed by atoms with Crippen molar-refractivity contribution < 1.29 is 9.21 Å². The van der Waals surface area contributed by atoms with Gasteiger partial charge in [0.05, 0.1) is 11.1 Å². The second-order valence-electron chi connectivity index (χ2n) is 7.00. The number of para-hydroxylation sites is 1. The summed E-state index contributed by atoms with van der Waals surface area (Å²) >= 11 is 4.20. The largest absolute Gasteiger partial charge is 0.443 e. The van der Waals surface area contributed by atoms with Crippen LogP contribution in [-0.2, 0) is 11.3 Å². The van der Waals surface area contributed by atoms with E-state index >= 15 is 0 Å². The maximum absolute atomic E-state index is 13.3. The quantitative estimate of drug-likeness (QED) is 0.246. The van der Waals surface area contributed by atoms with Crippen LogP contribution in [0.15, 0.2) is 61.5 Å². The van der Waals surface area contributed by atoms with Crippen LogP contribution in [-0.4, -0.2) is 21.2 Å². The molecule has 7 nitrogen and oxygen atoms in total. The molecule has 0 fully saturated rings. The van der Waals surface area contributed by atoms with Gasteiger partial charge >= 0.3 is 0 Å². The third-order valence-corrected chi connectivity index (χ3v) is 7.81. The lowest BCUT2D eigenvalue weighted by molar-refractivity contribution is -0.113. The van der Waals surface area contributed by atoms with Crippen LogP contribution in [0.3, 0.4) is 0 Å². The highest BCUT2D eigenvalue weighted by molar-refractivity contribution is 7.99. The number of aromatic nitrogens is 2. The first kappa shape index (κ1) is 21.5. The topological polar surface area (TPSA) is 101 Å². The molecule has 1 aromatic carbocycles. The molecule has 0 aliphatic rings. The number of nitrogens with zero attached hydrogens (tertiary/aromatic N) is 3. The molecule has 0 spiro atoms. The Morgan fingerprint density at radius 2 is 2.12 bits per heavy atom. The predicted octanol–water partition coefficient (Wildman–Crippen LogP) is 5.56. The first-order chi connectivity index (χ1) is 16.1. The van der Waals surface area contributed by atoms with Crippen molar-refractivity contribution in [2.45, 2.75) is 18.6 Å². The van der Waals surface area contributed by atoms with Crippen molar-refractivity contribution in [3.05, 3.63) is 63.3 Å². The van der Waals surface area contributed by atoms with E-state index in [0.29, 0.717) is 38.6 Å². The average Bonchev–Trinajstić information content (AvgIpc) is 3.56. The van der Waals surface area contributed by atoms with Crippen LogP contribution in [0, 0.1) is 11.3 Å². The summed E-state index contributed by atoms with van der Waals surface area (Å²) in [7, 11) is 0. The minimum atomic E-state index is -0.314. The first-order valence-electron chi connectivity index (χ1n) is 10.0. The van der Waals surface area contributed by atoms with Crippen molar-refractivity contribution >= 4 is 67.2 Å². The monoisotopic (exact) mass is 492 g/mol. The zero-order chi connectivity index (χ0) is 22.9. The molecule has 10 heteroatoms. The number of rotatable bonds is 6. The Kier molecular flexibility index (Phi) is 5.76. The van der Waals surface area contributed by atoms with Crippen LogP contribution in [0.2, 0.25) is 0 Å². The van der Waals surface area contributed by atoms with Crippen LogP contribution in [0.1, 0.15) is 12.7 Å². The van der Waals surface area contributed by atoms with Crippen molar-refractivity contribution in [3.8, 4) is 16.5 Å². The van der Waals surface area contributed by atoms with Gasteiger partial charge in [-0.3, -0.25) is 14.2 Å². The summed E-state index contributed by atoms with van der Waals surface area (Å²) in [5.74, 6) is -0.226. The van der Waals surface area contributed by atoms with Crippen molar-refractivity contribution in [1.29, 1.82) is 5.26 Å². The molecule has 5 rings (SSSR count). The third-order valence-electron chi connectivity index (χ3n) is 5.06. The Morgan fingerprint density at radius 3 is 2.88 bits per heavy atom. The molecule has 0 bridgehead atoms. The molecular formula is C23H16N4O3S3. The first-order valence-corrected chi connectivity index (χ1v) is 12.8. The zero-order valence-electron chi connectivity index (χ0n) is 17.3. The standard InChI is InChI=1S/C23H16N4O3S3/c1-2-27-22(29)19-14(17-8-5-9-31-17)11-32-21(19)26-23(27)33-12-18(28)25-20-13-6-3-4-7-15(13)30-16(20)10-24/h3-9,11H,2,12H2,1H3,(H,25,28). The van der Waals surface area contributed by atoms with Crippen LogP contribution in [0.4, 0.5) is 5.69 Å². The Morgan fingerprint density at radius 1 is 1.27 bits per heavy atom. The third kappa shape index (κ3) is 3.84. The number of amides is 1. The second-order valence-corrected chi connectivity index (χ2v) is 9.75. The molecule has 4 heterocycles. The summed E-state index contributed by atoms with van der Waals surface area (Å²) in [4.78, 5) is 32.3. The van der Waals surface area contributed by atoms with E-state index in [0.717, 1.165) is 10.4 Å². The minimum absolute atomic E-state index is 0.0332. The van der Waals surface area contributed by atoms with Gasteiger partial charge in [0.15, 0.2) is 5.16 Å². The average molecular weight is 493 g/mol. The van der Waals surface area contributed by atoms with E-state index in [1.807, 2.05) is 42.0 Å². The van der Waals surface area contributed by atoms with E-state index in [-0.39, 0.29) is 23.0 Å². The number of fused-ring (bicyclic) bond motifs is 2. The number of carbonyl (C=O) groups excluding carboxylic acids is 1. The van der Waals surface area contributed by atoms with Gasteiger partial charge in [-0.15, -0.1) is 22.7 Å². The number of furan rings is 1. The molecule has 4 aromatic heterocycles. The summed E-state index contributed by atoms with van der Waals surface area (Å²) in [5.41, 5.74) is 1.68. The molecule has 164 valence electrons. The van der Waals surface area contributed by atoms with Crippen LogP contribution >= 0.6 is 34.4 Å². The predicted molar refractivity (Wildman–Crippen MR) is 133 cm³/mol. The number of nitrogens with one attached hydrogen (secondary N) is 1. The molecule has 1 N–H and O–H groups in total. The Balaban J connectivity index is 1.42. The lowest BCUT2D eigenvalue weighted by Crippen LogP contribution is -2.23. The van der Waals surface area contributed by atoms with Gasteiger partial charge in [-0.05, 0) is 30.5 Å². The summed E-state index contributed by atoms with van der Waals surface area (Å²) < 4.78 is 7.10. The Hall–Kier alpha value is -3.39. The molecule has 0 radical (unpaired) electrons. The van der Waals surface area contributed by atoms with Crippen molar-refractivity contribution in [3.63, 3.8) is 0 Å². The smallest absolute Gasteiger partial charge is 0.263 e. The fourth-order valence-electron chi connectivity index (χ4n) is 3.56. The fraction of sp³-hybridized carbons (Fsp3) is 0.130. The van der Waals surface area contributed by atoms with E-state index in [2.05, 4.69) is 10.3 Å². The maximum atomic E-state index is 13.3. The minimum Gasteiger partial charge on any atom is -0.443 e. The summed E-state index contributed by atoms with van der Waals surface area (Å²) in [5, 5.41) is 17.8. The van der Waals surface area contributed by atoms with E-state index in [1.165, 1.54) is 23.1 Å². The van der Waals surface area contributed by atoms with Crippen LogP contribution in [0.25, 0.3) is 31.6 Å². The fourth-order valence-corrected chi connectivity index (χ4v) is 6.23. The number of hydrogen-bond donors (Lipinski definition) is 1. The molecular weight excluding hydrogens is 476 g/mol. The number of thioether (sulfide) groups is 1. The number of anilines is 1. The van der Waals surface area contributed by atoms with Gasteiger partial charge in [0, 0.05) is 27.8 Å². The number of carbonyl (C=O) groups is 1. The molecule has 33 heavy (non-hydrogen) atoms. The molecule has 0 unspecified atom stereocenters. The zero-order valence-corrected chi connectivity index (χ0v) is 19.8. The molecule has 0 aliphatic carbocycles. The lowest BCUT2D eigenvalue weighted by Gasteiger charge is -2.10. The lowest BCUT2D eigenvalue weighted by atomic mass is 10.2. The van der Waals surface area contributed by atoms with Crippen molar-refractivity contribution in [2.75, 3.05) is 11.1 Å². The van der Waals surface area contributed by atoms with Gasteiger partial charge in [-0.2, -0.15) is 5.26 Å². The SMILES string of the molecule is CCn1c(SCC(=O)Nc2c(C#N)oc3ccccc23)nc2scc(-c3cccs3)c2c1=O. The normalized spacial score (nSPS) is 11.2. The summed E-state index contributed by atoms with van der Waals surface area (Å²) in [6, 6.07) is 13.1. The summed E-state index contributed by atoms with van der Waals surface area (Å²) in [6.07, 6.45) is 0. The van der Waals surface area contributed by atoms with Gasteiger partial charge in [0.1, 0.15) is 22.2 Å². The molecule has 0 aliphatic heterocycles. The molecule has 1 amide bonds. The highest BCUT2D eigenvalue weighted by atomic mass is 32.2. The number of hydrogen-bond acceptors (Lipinski definition) is 8. The van der Waals surface area contributed by atoms with Gasteiger partial charge in [-0.25, -0.2) is 4.98 Å². The van der Waals surface area contributed by atoms with E-state index in [1.54, 1.807) is 34.1 Å².